The number of likely N-dealkylation sites (tertiary alicyclic amines) is 2. The summed E-state index contributed by atoms with van der Waals surface area (Å²) in [5.74, 6) is -3.36. The van der Waals surface area contributed by atoms with E-state index in [2.05, 4.69) is 11.5 Å². The van der Waals surface area contributed by atoms with Gasteiger partial charge in [0.05, 0.1) is 5.56 Å². The molecular weight excluding hydrogens is 368 g/mol. The van der Waals surface area contributed by atoms with E-state index in [4.69, 9.17) is 9.90 Å². The monoisotopic (exact) mass is 388 g/mol. The molecule has 1 aromatic rings. The van der Waals surface area contributed by atoms with E-state index in [1.54, 1.807) is 18.2 Å². The quantitative estimate of drug-likeness (QED) is 0.639. The summed E-state index contributed by atoms with van der Waals surface area (Å²) in [6.07, 6.45) is -1.23. The average Bonchev–Trinajstić information content (AvgIpc) is 3.18. The Balaban J connectivity index is 0.000000321. The number of alkyl halides is 3. The number of carbonyl (C=O) groups excluding carboxylic acids is 1. The number of halogens is 4. The summed E-state index contributed by atoms with van der Waals surface area (Å²) in [5, 5.41) is 7.12. The molecule has 2 aliphatic rings. The molecule has 1 N–H and O–H groups in total. The molecule has 0 aliphatic carbocycles. The highest BCUT2D eigenvalue weighted by atomic mass is 19.4. The lowest BCUT2D eigenvalue weighted by atomic mass is 10.1. The second-order valence-corrected chi connectivity index (χ2v) is 6.28. The zero-order valence-corrected chi connectivity index (χ0v) is 14.5. The third-order valence-electron chi connectivity index (χ3n) is 4.66. The van der Waals surface area contributed by atoms with E-state index in [0.717, 1.165) is 32.5 Å². The summed E-state index contributed by atoms with van der Waals surface area (Å²) in [7, 11) is 0. The highest BCUT2D eigenvalue weighted by molar-refractivity contribution is 5.95. The highest BCUT2D eigenvalue weighted by Crippen LogP contribution is 2.32. The van der Waals surface area contributed by atoms with Crippen LogP contribution in [0.4, 0.5) is 17.6 Å². The van der Waals surface area contributed by atoms with Crippen molar-refractivity contribution < 1.29 is 32.3 Å². The predicted molar refractivity (Wildman–Crippen MR) is 89.7 cm³/mol. The van der Waals surface area contributed by atoms with E-state index in [1.807, 2.05) is 11.0 Å². The summed E-state index contributed by atoms with van der Waals surface area (Å²) < 4.78 is 45.5. The summed E-state index contributed by atoms with van der Waals surface area (Å²) in [6.45, 7) is 6.35. The average molecular weight is 388 g/mol. The van der Waals surface area contributed by atoms with Crippen LogP contribution >= 0.6 is 0 Å². The van der Waals surface area contributed by atoms with Crippen molar-refractivity contribution in [2.24, 2.45) is 0 Å². The predicted octanol–water partition coefficient (Wildman–Crippen LogP) is 2.93. The minimum Gasteiger partial charge on any atom is -0.475 e. The molecule has 9 heteroatoms. The fourth-order valence-electron chi connectivity index (χ4n) is 3.51. The van der Waals surface area contributed by atoms with Crippen molar-refractivity contribution in [3.63, 3.8) is 0 Å². The normalized spacial score (nSPS) is 22.0. The Bertz CT molecular complexity index is 708. The lowest BCUT2D eigenvalue weighted by molar-refractivity contribution is -0.192. The lowest BCUT2D eigenvalue weighted by Crippen LogP contribution is -2.40. The number of carboxylic acids is 1. The minimum atomic E-state index is -5.08. The Hall–Kier alpha value is -2.42. The van der Waals surface area contributed by atoms with Crippen LogP contribution in [-0.4, -0.2) is 64.7 Å². The van der Waals surface area contributed by atoms with Gasteiger partial charge in [-0.3, -0.25) is 9.69 Å². The molecule has 0 aromatic heterocycles. The van der Waals surface area contributed by atoms with Crippen LogP contribution < -0.4 is 0 Å². The molecule has 3 rings (SSSR count). The van der Waals surface area contributed by atoms with Crippen LogP contribution in [0.3, 0.4) is 0 Å². The maximum absolute atomic E-state index is 13.8. The van der Waals surface area contributed by atoms with Crippen molar-refractivity contribution >= 4 is 11.9 Å². The summed E-state index contributed by atoms with van der Waals surface area (Å²) in [6, 6.07) is 6.87. The molecule has 1 amide bonds. The van der Waals surface area contributed by atoms with Crippen LogP contribution in [0, 0.1) is 5.82 Å². The van der Waals surface area contributed by atoms with Gasteiger partial charge in [0.25, 0.3) is 5.91 Å². The molecule has 5 nitrogen and oxygen atoms in total. The molecule has 0 unspecified atom stereocenters. The van der Waals surface area contributed by atoms with E-state index >= 15 is 0 Å². The third kappa shape index (κ3) is 4.85. The molecule has 2 saturated heterocycles. The summed E-state index contributed by atoms with van der Waals surface area (Å²) in [5.41, 5.74) is 0.190. The standard InChI is InChI=1S/C16H19FN2O.C2HF3O2/c1-2-9-18-10-7-15-14(18)8-11-19(15)16(20)12-5-3-4-6-13(12)17;3-2(4,5)1(6)7/h2-6,14-15H,1,7-11H2;(H,6,7)/t14-,15+;/m0./s1. The van der Waals surface area contributed by atoms with Gasteiger partial charge < -0.3 is 10.0 Å². The second-order valence-electron chi connectivity index (χ2n) is 6.28. The van der Waals surface area contributed by atoms with Gasteiger partial charge in [0.2, 0.25) is 0 Å². The van der Waals surface area contributed by atoms with Crippen molar-refractivity contribution in [3.05, 3.63) is 48.3 Å². The summed E-state index contributed by atoms with van der Waals surface area (Å²) >= 11 is 0. The Kier molecular flexibility index (Phi) is 6.59. The van der Waals surface area contributed by atoms with E-state index in [1.165, 1.54) is 6.07 Å². The van der Waals surface area contributed by atoms with Crippen LogP contribution in [0.15, 0.2) is 36.9 Å². The molecule has 0 saturated carbocycles. The SMILES string of the molecule is C=CCN1CC[C@@H]2[C@@H]1CCN2C(=O)c1ccccc1F.O=C(O)C(F)(F)F. The molecule has 2 heterocycles. The molecule has 0 spiro atoms. The molecular formula is C18H20F4N2O3. The lowest BCUT2D eigenvalue weighted by Gasteiger charge is -2.25. The number of hydrogen-bond donors (Lipinski definition) is 1. The molecule has 148 valence electrons. The maximum atomic E-state index is 13.8. The number of aliphatic carboxylic acids is 1. The number of fused-ring (bicyclic) bond motifs is 1. The van der Waals surface area contributed by atoms with Crippen LogP contribution in [0.25, 0.3) is 0 Å². The first-order valence-corrected chi connectivity index (χ1v) is 8.37. The maximum Gasteiger partial charge on any atom is 0.490 e. The van der Waals surface area contributed by atoms with Crippen LogP contribution in [0.5, 0.6) is 0 Å². The van der Waals surface area contributed by atoms with E-state index in [-0.39, 0.29) is 17.5 Å². The highest BCUT2D eigenvalue weighted by Gasteiger charge is 2.44. The van der Waals surface area contributed by atoms with Crippen LogP contribution in [0.2, 0.25) is 0 Å². The van der Waals surface area contributed by atoms with Gasteiger partial charge in [-0.2, -0.15) is 13.2 Å². The molecule has 2 aliphatic heterocycles. The van der Waals surface area contributed by atoms with Gasteiger partial charge >= 0.3 is 12.1 Å². The van der Waals surface area contributed by atoms with Gasteiger partial charge in [0.1, 0.15) is 5.82 Å². The Morgan fingerprint density at radius 1 is 1.19 bits per heavy atom. The second kappa shape index (κ2) is 8.51. The smallest absolute Gasteiger partial charge is 0.475 e. The fourth-order valence-corrected chi connectivity index (χ4v) is 3.51. The fraction of sp³-hybridized carbons (Fsp3) is 0.444. The van der Waals surface area contributed by atoms with Gasteiger partial charge in [-0.1, -0.05) is 18.2 Å². The number of benzene rings is 1. The van der Waals surface area contributed by atoms with Crippen molar-refractivity contribution in [2.45, 2.75) is 31.1 Å². The third-order valence-corrected chi connectivity index (χ3v) is 4.66. The topological polar surface area (TPSA) is 60.9 Å². The van der Waals surface area contributed by atoms with Crippen molar-refractivity contribution in [1.82, 2.24) is 9.80 Å². The number of amides is 1. The van der Waals surface area contributed by atoms with Gasteiger partial charge in [-0.05, 0) is 25.0 Å². The zero-order valence-electron chi connectivity index (χ0n) is 14.5. The Morgan fingerprint density at radius 3 is 2.33 bits per heavy atom. The molecule has 2 fully saturated rings. The molecule has 0 radical (unpaired) electrons. The molecule has 27 heavy (non-hydrogen) atoms. The Labute approximate surface area is 153 Å². The van der Waals surface area contributed by atoms with Crippen molar-refractivity contribution in [3.8, 4) is 0 Å². The van der Waals surface area contributed by atoms with Crippen LogP contribution in [-0.2, 0) is 4.79 Å². The van der Waals surface area contributed by atoms with Gasteiger partial charge in [0.15, 0.2) is 0 Å². The Morgan fingerprint density at radius 2 is 1.78 bits per heavy atom. The number of carbonyl (C=O) groups is 2. The summed E-state index contributed by atoms with van der Waals surface area (Å²) in [4.78, 5) is 25.6. The number of nitrogens with zero attached hydrogens (tertiary/aromatic N) is 2. The molecule has 0 bridgehead atoms. The number of carboxylic acid groups (broad SMARTS) is 1. The van der Waals surface area contributed by atoms with Crippen LogP contribution in [0.1, 0.15) is 23.2 Å². The van der Waals surface area contributed by atoms with Crippen molar-refractivity contribution in [1.29, 1.82) is 0 Å². The van der Waals surface area contributed by atoms with E-state index < -0.39 is 18.0 Å². The van der Waals surface area contributed by atoms with Gasteiger partial charge in [-0.15, -0.1) is 6.58 Å². The first kappa shape index (κ1) is 20.9. The van der Waals surface area contributed by atoms with Gasteiger partial charge in [-0.25, -0.2) is 9.18 Å². The van der Waals surface area contributed by atoms with Gasteiger partial charge in [0, 0.05) is 31.7 Å². The number of hydrogen-bond acceptors (Lipinski definition) is 3. The van der Waals surface area contributed by atoms with Crippen molar-refractivity contribution in [2.75, 3.05) is 19.6 Å². The van der Waals surface area contributed by atoms with E-state index in [0.29, 0.717) is 6.04 Å². The minimum absolute atomic E-state index is 0.170. The largest absolute Gasteiger partial charge is 0.490 e. The molecule has 2 atom stereocenters. The number of rotatable bonds is 3. The molecule has 1 aromatic carbocycles. The first-order chi connectivity index (χ1) is 12.7. The zero-order chi connectivity index (χ0) is 20.2. The van der Waals surface area contributed by atoms with E-state index in [9.17, 15) is 22.4 Å². The first-order valence-electron chi connectivity index (χ1n) is 8.37.